The summed E-state index contributed by atoms with van der Waals surface area (Å²) in [7, 11) is 0. The average Bonchev–Trinajstić information content (AvgIpc) is 2.20. The van der Waals surface area contributed by atoms with E-state index in [0.29, 0.717) is 5.41 Å². The van der Waals surface area contributed by atoms with Crippen molar-refractivity contribution in [2.45, 2.75) is 72.8 Å². The van der Waals surface area contributed by atoms with Crippen LogP contribution in [0.25, 0.3) is 0 Å². The van der Waals surface area contributed by atoms with E-state index < -0.39 is 0 Å². The largest absolute Gasteiger partial charge is 0.314 e. The molecular formula is C15H31N. The van der Waals surface area contributed by atoms with E-state index in [4.69, 9.17) is 0 Å². The highest BCUT2D eigenvalue weighted by atomic mass is 14.9. The normalized spacial score (nSPS) is 31.3. The maximum Gasteiger partial charge on any atom is 0.00952 e. The zero-order chi connectivity index (χ0) is 12.2. The van der Waals surface area contributed by atoms with E-state index in [2.05, 4.69) is 39.9 Å². The molecule has 1 aliphatic rings. The lowest BCUT2D eigenvalue weighted by molar-refractivity contribution is 0.1000. The number of hydrogen-bond acceptors (Lipinski definition) is 1. The lowest BCUT2D eigenvalue weighted by Gasteiger charge is -2.42. The minimum Gasteiger partial charge on any atom is -0.314 e. The molecule has 0 aromatic carbocycles. The summed E-state index contributed by atoms with van der Waals surface area (Å²) < 4.78 is 0. The van der Waals surface area contributed by atoms with Crippen molar-refractivity contribution in [2.24, 2.45) is 17.3 Å². The van der Waals surface area contributed by atoms with E-state index in [1.807, 2.05) is 0 Å². The first-order valence-electron chi connectivity index (χ1n) is 7.23. The van der Waals surface area contributed by atoms with E-state index in [-0.39, 0.29) is 0 Å². The van der Waals surface area contributed by atoms with Gasteiger partial charge in [-0.15, -0.1) is 0 Å². The molecule has 0 spiro atoms. The predicted octanol–water partition coefficient (Wildman–Crippen LogP) is 4.23. The molecule has 1 fully saturated rings. The molecular weight excluding hydrogens is 194 g/mol. The van der Waals surface area contributed by atoms with E-state index in [0.717, 1.165) is 17.9 Å². The summed E-state index contributed by atoms with van der Waals surface area (Å²) in [4.78, 5) is 0. The van der Waals surface area contributed by atoms with Crippen LogP contribution in [0.3, 0.4) is 0 Å². The second kappa shape index (κ2) is 6.05. The highest BCUT2D eigenvalue weighted by Crippen LogP contribution is 2.43. The van der Waals surface area contributed by atoms with Crippen LogP contribution in [0.4, 0.5) is 0 Å². The molecule has 3 unspecified atom stereocenters. The van der Waals surface area contributed by atoms with Gasteiger partial charge in [0.25, 0.3) is 0 Å². The van der Waals surface area contributed by atoms with Crippen LogP contribution in [0.2, 0.25) is 0 Å². The van der Waals surface area contributed by atoms with Gasteiger partial charge in [0.1, 0.15) is 0 Å². The van der Waals surface area contributed by atoms with Crippen molar-refractivity contribution in [3.63, 3.8) is 0 Å². The summed E-state index contributed by atoms with van der Waals surface area (Å²) in [6.45, 7) is 13.1. The van der Waals surface area contributed by atoms with Crippen molar-refractivity contribution in [3.05, 3.63) is 0 Å². The average molecular weight is 225 g/mol. The summed E-state index contributed by atoms with van der Waals surface area (Å²) in [6, 6.07) is 0.756. The molecule has 1 nitrogen and oxygen atoms in total. The minimum atomic E-state index is 0.582. The Kier molecular flexibility index (Phi) is 5.30. The molecule has 0 saturated heterocycles. The first kappa shape index (κ1) is 14.0. The molecule has 0 aromatic rings. The van der Waals surface area contributed by atoms with Crippen LogP contribution < -0.4 is 5.32 Å². The molecule has 0 amide bonds. The number of hydrogen-bond donors (Lipinski definition) is 1. The van der Waals surface area contributed by atoms with Gasteiger partial charge in [0, 0.05) is 6.04 Å². The summed E-state index contributed by atoms with van der Waals surface area (Å²) in [5.41, 5.74) is 0.582. The van der Waals surface area contributed by atoms with Crippen LogP contribution in [0.5, 0.6) is 0 Å². The molecule has 0 aliphatic heterocycles. The molecule has 16 heavy (non-hydrogen) atoms. The number of nitrogens with one attached hydrogen (secondary N) is 1. The van der Waals surface area contributed by atoms with Crippen molar-refractivity contribution in [3.8, 4) is 0 Å². The Labute approximate surface area is 102 Å². The molecule has 1 heteroatoms. The third-order valence-corrected chi connectivity index (χ3v) is 4.37. The van der Waals surface area contributed by atoms with E-state index in [9.17, 15) is 0 Å². The van der Waals surface area contributed by atoms with Gasteiger partial charge in [-0.3, -0.25) is 0 Å². The molecule has 96 valence electrons. The maximum absolute atomic E-state index is 3.75. The highest BCUT2D eigenvalue weighted by Gasteiger charge is 2.35. The second-order valence-electron chi connectivity index (χ2n) is 6.52. The molecule has 1 aliphatic carbocycles. The molecule has 1 rings (SSSR count). The van der Waals surface area contributed by atoms with E-state index >= 15 is 0 Å². The Morgan fingerprint density at radius 3 is 2.50 bits per heavy atom. The van der Waals surface area contributed by atoms with Crippen LogP contribution >= 0.6 is 0 Å². The summed E-state index contributed by atoms with van der Waals surface area (Å²) in [5.74, 6) is 1.79. The predicted molar refractivity (Wildman–Crippen MR) is 72.7 cm³/mol. The lowest BCUT2D eigenvalue weighted by atomic mass is 9.65. The van der Waals surface area contributed by atoms with Gasteiger partial charge in [0.05, 0.1) is 0 Å². The van der Waals surface area contributed by atoms with E-state index in [1.165, 1.54) is 38.6 Å². The SMILES string of the molecule is CCCNC(CC)C1CCC(C)(C)CC1C. The van der Waals surface area contributed by atoms with Crippen molar-refractivity contribution in [2.75, 3.05) is 6.54 Å². The van der Waals surface area contributed by atoms with Gasteiger partial charge in [-0.25, -0.2) is 0 Å². The van der Waals surface area contributed by atoms with Gasteiger partial charge < -0.3 is 5.32 Å². The molecule has 3 atom stereocenters. The third kappa shape index (κ3) is 3.76. The van der Waals surface area contributed by atoms with Crippen LogP contribution in [-0.4, -0.2) is 12.6 Å². The Bertz CT molecular complexity index is 198. The number of rotatable bonds is 5. The fourth-order valence-corrected chi connectivity index (χ4v) is 3.49. The van der Waals surface area contributed by atoms with Gasteiger partial charge in [0.2, 0.25) is 0 Å². The Morgan fingerprint density at radius 1 is 1.31 bits per heavy atom. The molecule has 0 aromatic heterocycles. The molecule has 1 N–H and O–H groups in total. The molecule has 1 saturated carbocycles. The molecule has 0 bridgehead atoms. The second-order valence-corrected chi connectivity index (χ2v) is 6.52. The van der Waals surface area contributed by atoms with E-state index in [1.54, 1.807) is 0 Å². The maximum atomic E-state index is 3.75. The fraction of sp³-hybridized carbons (Fsp3) is 1.00. The lowest BCUT2D eigenvalue weighted by Crippen LogP contribution is -2.43. The Hall–Kier alpha value is -0.0400. The Morgan fingerprint density at radius 2 is 2.00 bits per heavy atom. The van der Waals surface area contributed by atoms with Gasteiger partial charge in [-0.2, -0.15) is 0 Å². The monoisotopic (exact) mass is 225 g/mol. The first-order valence-corrected chi connectivity index (χ1v) is 7.23. The van der Waals surface area contributed by atoms with Crippen molar-refractivity contribution < 1.29 is 0 Å². The third-order valence-electron chi connectivity index (χ3n) is 4.37. The summed E-state index contributed by atoms with van der Waals surface area (Å²) >= 11 is 0. The first-order chi connectivity index (χ1) is 7.50. The summed E-state index contributed by atoms with van der Waals surface area (Å²) in [6.07, 6.45) is 6.77. The van der Waals surface area contributed by atoms with Crippen molar-refractivity contribution >= 4 is 0 Å². The van der Waals surface area contributed by atoms with Crippen LogP contribution in [-0.2, 0) is 0 Å². The summed E-state index contributed by atoms with van der Waals surface area (Å²) in [5, 5.41) is 3.75. The minimum absolute atomic E-state index is 0.582. The molecule has 0 heterocycles. The zero-order valence-electron chi connectivity index (χ0n) is 12.0. The van der Waals surface area contributed by atoms with Gasteiger partial charge in [-0.1, -0.05) is 34.6 Å². The van der Waals surface area contributed by atoms with Crippen molar-refractivity contribution in [1.29, 1.82) is 0 Å². The standard InChI is InChI=1S/C15H31N/c1-6-10-16-14(7-2)13-8-9-15(4,5)11-12(13)3/h12-14,16H,6-11H2,1-5H3. The smallest absolute Gasteiger partial charge is 0.00952 e. The van der Waals surface area contributed by atoms with Crippen LogP contribution in [0, 0.1) is 17.3 Å². The van der Waals surface area contributed by atoms with Gasteiger partial charge in [0.15, 0.2) is 0 Å². The van der Waals surface area contributed by atoms with Gasteiger partial charge >= 0.3 is 0 Å². The van der Waals surface area contributed by atoms with Crippen molar-refractivity contribution in [1.82, 2.24) is 5.32 Å². The highest BCUT2D eigenvalue weighted by molar-refractivity contribution is 4.88. The topological polar surface area (TPSA) is 12.0 Å². The molecule has 0 radical (unpaired) electrons. The van der Waals surface area contributed by atoms with Gasteiger partial charge in [-0.05, 0) is 55.9 Å². The fourth-order valence-electron chi connectivity index (χ4n) is 3.49. The van der Waals surface area contributed by atoms with Crippen LogP contribution in [0.1, 0.15) is 66.7 Å². The van der Waals surface area contributed by atoms with Crippen LogP contribution in [0.15, 0.2) is 0 Å². The zero-order valence-corrected chi connectivity index (χ0v) is 12.0. The quantitative estimate of drug-likeness (QED) is 0.738. The Balaban J connectivity index is 2.51.